The van der Waals surface area contributed by atoms with Crippen LogP contribution in [0.2, 0.25) is 0 Å². The van der Waals surface area contributed by atoms with Gasteiger partial charge >= 0.3 is 5.97 Å². The lowest BCUT2D eigenvalue weighted by molar-refractivity contribution is -0.385. The molecule has 0 radical (unpaired) electrons. The highest BCUT2D eigenvalue weighted by Crippen LogP contribution is 2.35. The standard InChI is InChI=1S/C14H12N2O6S2/c17-9-3-4-10(16(21)22)8(6-9)7-11-13(20)15(14(23)24-11)5-1-2-12(18)19/h3-4,6-7,17H,1-2,5H2,(H,18,19)/b11-7-. The molecule has 126 valence electrons. The molecule has 1 aliphatic heterocycles. The van der Waals surface area contributed by atoms with Gasteiger partial charge in [-0.05, 0) is 24.6 Å². The van der Waals surface area contributed by atoms with Crippen LogP contribution in [-0.2, 0) is 9.59 Å². The predicted octanol–water partition coefficient (Wildman–Crippen LogP) is 2.37. The number of hydrogen-bond acceptors (Lipinski definition) is 7. The molecule has 0 spiro atoms. The van der Waals surface area contributed by atoms with Crippen molar-refractivity contribution in [1.29, 1.82) is 0 Å². The highest BCUT2D eigenvalue weighted by atomic mass is 32.2. The molecule has 24 heavy (non-hydrogen) atoms. The third kappa shape index (κ3) is 4.09. The molecule has 0 atom stereocenters. The molecule has 0 bridgehead atoms. The Bertz CT molecular complexity index is 762. The largest absolute Gasteiger partial charge is 0.508 e. The Labute approximate surface area is 145 Å². The van der Waals surface area contributed by atoms with Crippen molar-refractivity contribution in [2.45, 2.75) is 12.8 Å². The van der Waals surface area contributed by atoms with Gasteiger partial charge in [0.15, 0.2) is 0 Å². The molecular formula is C14H12N2O6S2. The molecule has 0 unspecified atom stereocenters. The van der Waals surface area contributed by atoms with E-state index in [0.29, 0.717) is 0 Å². The summed E-state index contributed by atoms with van der Waals surface area (Å²) >= 11 is 6.08. The van der Waals surface area contributed by atoms with E-state index in [-0.39, 0.29) is 45.6 Å². The lowest BCUT2D eigenvalue weighted by Crippen LogP contribution is -2.29. The number of thioether (sulfide) groups is 1. The molecule has 2 N–H and O–H groups in total. The van der Waals surface area contributed by atoms with Gasteiger partial charge in [-0.3, -0.25) is 24.6 Å². The van der Waals surface area contributed by atoms with E-state index in [4.69, 9.17) is 17.3 Å². The van der Waals surface area contributed by atoms with Crippen molar-refractivity contribution < 1.29 is 24.7 Å². The number of phenols is 1. The Hall–Kier alpha value is -2.46. The smallest absolute Gasteiger partial charge is 0.303 e. The van der Waals surface area contributed by atoms with Crippen LogP contribution in [0.3, 0.4) is 0 Å². The van der Waals surface area contributed by atoms with Gasteiger partial charge in [-0.25, -0.2) is 0 Å². The van der Waals surface area contributed by atoms with Crippen LogP contribution < -0.4 is 0 Å². The number of carbonyl (C=O) groups is 2. The van der Waals surface area contributed by atoms with E-state index in [1.54, 1.807) is 0 Å². The molecule has 1 aromatic carbocycles. The fourth-order valence-electron chi connectivity index (χ4n) is 2.05. The summed E-state index contributed by atoms with van der Waals surface area (Å²) in [5, 5.41) is 29.2. The first-order valence-electron chi connectivity index (χ1n) is 6.74. The van der Waals surface area contributed by atoms with Crippen LogP contribution in [0, 0.1) is 10.1 Å². The van der Waals surface area contributed by atoms with Crippen LogP contribution >= 0.6 is 24.0 Å². The number of aliphatic carboxylic acids is 1. The normalized spacial score (nSPS) is 16.0. The molecule has 1 amide bonds. The number of carboxylic acids is 1. The second-order valence-corrected chi connectivity index (χ2v) is 6.51. The summed E-state index contributed by atoms with van der Waals surface area (Å²) < 4.78 is 0.263. The molecule has 1 aliphatic rings. The second-order valence-electron chi connectivity index (χ2n) is 4.83. The first kappa shape index (κ1) is 17.9. The molecule has 1 aromatic rings. The minimum absolute atomic E-state index is 0.0889. The fourth-order valence-corrected chi connectivity index (χ4v) is 3.35. The number of thiocarbonyl (C=S) groups is 1. The molecule has 2 rings (SSSR count). The van der Waals surface area contributed by atoms with E-state index < -0.39 is 16.8 Å². The van der Waals surface area contributed by atoms with Gasteiger partial charge in [-0.2, -0.15) is 0 Å². The highest BCUT2D eigenvalue weighted by Gasteiger charge is 2.32. The van der Waals surface area contributed by atoms with Gasteiger partial charge < -0.3 is 10.2 Å². The highest BCUT2D eigenvalue weighted by molar-refractivity contribution is 8.26. The number of nitro groups is 1. The number of aromatic hydroxyl groups is 1. The van der Waals surface area contributed by atoms with Gasteiger partial charge in [0, 0.05) is 19.0 Å². The monoisotopic (exact) mass is 368 g/mol. The number of benzene rings is 1. The van der Waals surface area contributed by atoms with Crippen molar-refractivity contribution in [3.8, 4) is 5.75 Å². The van der Waals surface area contributed by atoms with Gasteiger partial charge in [0.25, 0.3) is 11.6 Å². The Morgan fingerprint density at radius 3 is 2.79 bits per heavy atom. The number of phenolic OH excluding ortho intramolecular Hbond substituents is 1. The van der Waals surface area contributed by atoms with Crippen molar-refractivity contribution >= 4 is 51.9 Å². The molecule has 1 saturated heterocycles. The zero-order valence-corrected chi connectivity index (χ0v) is 13.8. The predicted molar refractivity (Wildman–Crippen MR) is 91.5 cm³/mol. The van der Waals surface area contributed by atoms with Crippen LogP contribution in [-0.4, -0.2) is 42.8 Å². The van der Waals surface area contributed by atoms with E-state index >= 15 is 0 Å². The summed E-state index contributed by atoms with van der Waals surface area (Å²) in [7, 11) is 0. The second kappa shape index (κ2) is 7.41. The third-order valence-electron chi connectivity index (χ3n) is 3.14. The molecule has 0 aromatic heterocycles. The fraction of sp³-hybridized carbons (Fsp3) is 0.214. The number of nitrogens with zero attached hydrogens (tertiary/aromatic N) is 2. The maximum absolute atomic E-state index is 12.3. The first-order valence-corrected chi connectivity index (χ1v) is 7.96. The molecule has 0 aliphatic carbocycles. The number of hydrogen-bond donors (Lipinski definition) is 2. The lowest BCUT2D eigenvalue weighted by atomic mass is 10.1. The van der Waals surface area contributed by atoms with Crippen molar-refractivity contribution in [2.24, 2.45) is 0 Å². The van der Waals surface area contributed by atoms with Crippen LogP contribution in [0.5, 0.6) is 5.75 Å². The van der Waals surface area contributed by atoms with Crippen LogP contribution in [0.4, 0.5) is 5.69 Å². The van der Waals surface area contributed by atoms with Crippen LogP contribution in [0.1, 0.15) is 18.4 Å². The van der Waals surface area contributed by atoms with Gasteiger partial charge in [0.2, 0.25) is 0 Å². The van der Waals surface area contributed by atoms with Crippen molar-refractivity contribution in [3.63, 3.8) is 0 Å². The number of carboxylic acid groups (broad SMARTS) is 1. The SMILES string of the molecule is O=C(O)CCCN1C(=O)/C(=C/c2cc(O)ccc2[N+](=O)[O-])SC1=S. The first-order chi connectivity index (χ1) is 11.3. The maximum Gasteiger partial charge on any atom is 0.303 e. The Morgan fingerprint density at radius 2 is 2.17 bits per heavy atom. The molecule has 8 nitrogen and oxygen atoms in total. The van der Waals surface area contributed by atoms with Gasteiger partial charge in [0.1, 0.15) is 10.1 Å². The van der Waals surface area contributed by atoms with E-state index in [1.165, 1.54) is 23.1 Å². The number of rotatable bonds is 6. The quantitative estimate of drug-likeness (QED) is 0.340. The maximum atomic E-state index is 12.3. The topological polar surface area (TPSA) is 121 Å². The Kier molecular flexibility index (Phi) is 5.52. The summed E-state index contributed by atoms with van der Waals surface area (Å²) in [5.41, 5.74) is -0.157. The summed E-state index contributed by atoms with van der Waals surface area (Å²) in [4.78, 5) is 34.7. The molecule has 10 heteroatoms. The number of nitro benzene ring substituents is 1. The van der Waals surface area contributed by atoms with E-state index in [9.17, 15) is 24.8 Å². The van der Waals surface area contributed by atoms with Gasteiger partial charge in [-0.1, -0.05) is 24.0 Å². The Balaban J connectivity index is 2.24. The minimum atomic E-state index is -0.966. The average molecular weight is 368 g/mol. The number of amides is 1. The zero-order chi connectivity index (χ0) is 17.9. The van der Waals surface area contributed by atoms with Crippen molar-refractivity contribution in [1.82, 2.24) is 4.90 Å². The zero-order valence-electron chi connectivity index (χ0n) is 12.2. The lowest BCUT2D eigenvalue weighted by Gasteiger charge is -2.13. The van der Waals surface area contributed by atoms with Gasteiger partial charge in [-0.15, -0.1) is 0 Å². The van der Waals surface area contributed by atoms with E-state index in [2.05, 4.69) is 0 Å². The molecule has 0 saturated carbocycles. The summed E-state index contributed by atoms with van der Waals surface area (Å²) in [6.45, 7) is 0.163. The van der Waals surface area contributed by atoms with Crippen molar-refractivity contribution in [2.75, 3.05) is 6.54 Å². The number of carbonyl (C=O) groups excluding carboxylic acids is 1. The molecule has 1 heterocycles. The Morgan fingerprint density at radius 1 is 1.46 bits per heavy atom. The van der Waals surface area contributed by atoms with E-state index in [0.717, 1.165) is 17.8 Å². The molecule has 1 fully saturated rings. The van der Waals surface area contributed by atoms with Gasteiger partial charge in [0.05, 0.1) is 15.4 Å². The third-order valence-corrected chi connectivity index (χ3v) is 4.52. The van der Waals surface area contributed by atoms with Crippen molar-refractivity contribution in [3.05, 3.63) is 38.8 Å². The summed E-state index contributed by atoms with van der Waals surface area (Å²) in [5.74, 6) is -1.57. The van der Waals surface area contributed by atoms with E-state index in [1.807, 2.05) is 0 Å². The summed E-state index contributed by atoms with van der Waals surface area (Å²) in [6.07, 6.45) is 1.46. The molecular weight excluding hydrogens is 356 g/mol. The average Bonchev–Trinajstić information content (AvgIpc) is 2.74. The van der Waals surface area contributed by atoms with Crippen LogP contribution in [0.15, 0.2) is 23.1 Å². The summed E-state index contributed by atoms with van der Waals surface area (Å²) in [6, 6.07) is 3.52. The van der Waals surface area contributed by atoms with Crippen LogP contribution in [0.25, 0.3) is 6.08 Å². The minimum Gasteiger partial charge on any atom is -0.508 e.